The number of rotatable bonds is 3. The Labute approximate surface area is 83.4 Å². The molecule has 0 saturated carbocycles. The van der Waals surface area contributed by atoms with Crippen LogP contribution < -0.4 is 0 Å². The van der Waals surface area contributed by atoms with E-state index in [2.05, 4.69) is 9.72 Å². The second kappa shape index (κ2) is 4.83. The summed E-state index contributed by atoms with van der Waals surface area (Å²) in [6.45, 7) is 0. The van der Waals surface area contributed by atoms with E-state index in [1.165, 1.54) is 25.4 Å². The average molecular weight is 214 g/mol. The van der Waals surface area contributed by atoms with Gasteiger partial charge < -0.3 is 9.29 Å². The summed E-state index contributed by atoms with van der Waals surface area (Å²) >= 11 is -2.17. The predicted octanol–water partition coefficient (Wildman–Crippen LogP) is 0.247. The molecule has 0 bridgehead atoms. The van der Waals surface area contributed by atoms with Crippen LogP contribution in [0, 0.1) is 0 Å². The van der Waals surface area contributed by atoms with Gasteiger partial charge in [-0.1, -0.05) is 11.1 Å². The third-order valence-electron chi connectivity index (χ3n) is 1.50. The fraction of sp³-hybridized carbons (Fsp3) is 0.250. The molecule has 76 valence electrons. The van der Waals surface area contributed by atoms with Crippen molar-refractivity contribution in [1.82, 2.24) is 4.98 Å². The second-order valence-electron chi connectivity index (χ2n) is 2.49. The van der Waals surface area contributed by atoms with E-state index in [1.54, 1.807) is 0 Å². The zero-order chi connectivity index (χ0) is 10.6. The van der Waals surface area contributed by atoms with Gasteiger partial charge in [0.05, 0.1) is 7.11 Å². The third-order valence-corrected chi connectivity index (χ3v) is 2.07. The van der Waals surface area contributed by atoms with E-state index in [1.807, 2.05) is 0 Å². The van der Waals surface area contributed by atoms with E-state index in [0.29, 0.717) is 5.56 Å². The van der Waals surface area contributed by atoms with Crippen LogP contribution in [0.4, 0.5) is 0 Å². The molecule has 0 aliphatic heterocycles. The third kappa shape index (κ3) is 2.90. The van der Waals surface area contributed by atoms with Gasteiger partial charge in [-0.2, -0.15) is 0 Å². The van der Waals surface area contributed by atoms with Crippen molar-refractivity contribution in [2.45, 2.75) is 5.75 Å². The molecule has 0 radical (unpaired) electrons. The molecular weight excluding hydrogens is 206 g/mol. The predicted molar refractivity (Wildman–Crippen MR) is 48.2 cm³/mol. The van der Waals surface area contributed by atoms with E-state index < -0.39 is 17.0 Å². The molecule has 0 amide bonds. The molecular formula is C8H8NO4S-. The number of pyridine rings is 1. The minimum atomic E-state index is -2.17. The van der Waals surface area contributed by atoms with Crippen LogP contribution in [-0.4, -0.2) is 26.8 Å². The van der Waals surface area contributed by atoms with Crippen LogP contribution in [0.15, 0.2) is 18.3 Å². The molecule has 1 atom stereocenters. The first kappa shape index (κ1) is 10.8. The van der Waals surface area contributed by atoms with Crippen LogP contribution in [0.25, 0.3) is 0 Å². The van der Waals surface area contributed by atoms with Crippen LogP contribution in [-0.2, 0) is 21.6 Å². The Hall–Kier alpha value is -1.27. The number of esters is 1. The lowest BCUT2D eigenvalue weighted by molar-refractivity contribution is 0.0594. The maximum Gasteiger partial charge on any atom is 0.356 e. The number of aromatic nitrogens is 1. The zero-order valence-electron chi connectivity index (χ0n) is 7.43. The van der Waals surface area contributed by atoms with Gasteiger partial charge in [-0.05, 0) is 17.7 Å². The first-order valence-electron chi connectivity index (χ1n) is 3.72. The quantitative estimate of drug-likeness (QED) is 0.532. The first-order chi connectivity index (χ1) is 6.63. The van der Waals surface area contributed by atoms with Gasteiger partial charge in [-0.25, -0.2) is 9.78 Å². The summed E-state index contributed by atoms with van der Waals surface area (Å²) in [4.78, 5) is 14.8. The van der Waals surface area contributed by atoms with Crippen molar-refractivity contribution in [3.05, 3.63) is 29.6 Å². The van der Waals surface area contributed by atoms with Crippen molar-refractivity contribution < 1.29 is 18.3 Å². The molecule has 0 spiro atoms. The molecule has 0 aliphatic rings. The Morgan fingerprint density at radius 2 is 2.43 bits per heavy atom. The van der Waals surface area contributed by atoms with Gasteiger partial charge in [0.2, 0.25) is 0 Å². The number of nitrogens with zero attached hydrogens (tertiary/aromatic N) is 1. The largest absolute Gasteiger partial charge is 0.772 e. The average Bonchev–Trinajstić information content (AvgIpc) is 2.16. The van der Waals surface area contributed by atoms with Crippen molar-refractivity contribution >= 4 is 17.0 Å². The topological polar surface area (TPSA) is 79.3 Å². The Morgan fingerprint density at radius 1 is 1.71 bits per heavy atom. The number of methoxy groups -OCH3 is 1. The minimum absolute atomic E-state index is 0.107. The lowest BCUT2D eigenvalue weighted by Gasteiger charge is -2.05. The summed E-state index contributed by atoms with van der Waals surface area (Å²) in [5, 5.41) is 0. The highest BCUT2D eigenvalue weighted by Crippen LogP contribution is 2.05. The van der Waals surface area contributed by atoms with Crippen molar-refractivity contribution in [3.8, 4) is 0 Å². The molecule has 1 unspecified atom stereocenters. The summed E-state index contributed by atoms with van der Waals surface area (Å²) in [6, 6.07) is 2.92. The van der Waals surface area contributed by atoms with Gasteiger partial charge in [0.1, 0.15) is 5.69 Å². The van der Waals surface area contributed by atoms with Gasteiger partial charge >= 0.3 is 5.97 Å². The lowest BCUT2D eigenvalue weighted by atomic mass is 10.2. The summed E-state index contributed by atoms with van der Waals surface area (Å²) in [6.07, 6.45) is 1.37. The SMILES string of the molecule is COC(=O)c1cc(CS(=O)[O-])ccn1. The maximum atomic E-state index is 11.0. The molecule has 1 rings (SSSR count). The number of carbonyl (C=O) groups excluding carboxylic acids is 1. The van der Waals surface area contributed by atoms with Gasteiger partial charge in [0, 0.05) is 11.9 Å². The second-order valence-corrected chi connectivity index (χ2v) is 3.39. The summed E-state index contributed by atoms with van der Waals surface area (Å²) in [5.41, 5.74) is 0.615. The van der Waals surface area contributed by atoms with Gasteiger partial charge in [-0.15, -0.1) is 0 Å². The van der Waals surface area contributed by atoms with Gasteiger partial charge in [-0.3, -0.25) is 4.21 Å². The van der Waals surface area contributed by atoms with Gasteiger partial charge in [0.25, 0.3) is 0 Å². The van der Waals surface area contributed by atoms with E-state index in [0.717, 1.165) is 0 Å². The maximum absolute atomic E-state index is 11.0. The van der Waals surface area contributed by atoms with Gasteiger partial charge in [0.15, 0.2) is 0 Å². The van der Waals surface area contributed by atoms with Crippen molar-refractivity contribution in [1.29, 1.82) is 0 Å². The highest BCUT2D eigenvalue weighted by atomic mass is 32.2. The standard InChI is InChI=1S/C8H9NO4S/c1-13-8(10)7-4-6(2-3-9-7)5-14(11)12/h2-4H,5H2,1H3,(H,11,12)/p-1. The van der Waals surface area contributed by atoms with Crippen LogP contribution in [0.2, 0.25) is 0 Å². The summed E-state index contributed by atoms with van der Waals surface area (Å²) in [5.74, 6) is -0.712. The van der Waals surface area contributed by atoms with E-state index in [9.17, 15) is 13.6 Å². The molecule has 1 aromatic heterocycles. The van der Waals surface area contributed by atoms with Crippen molar-refractivity contribution in [3.63, 3.8) is 0 Å². The zero-order valence-corrected chi connectivity index (χ0v) is 8.24. The van der Waals surface area contributed by atoms with Crippen LogP contribution >= 0.6 is 0 Å². The number of hydrogen-bond donors (Lipinski definition) is 0. The molecule has 1 aromatic rings. The van der Waals surface area contributed by atoms with Crippen molar-refractivity contribution in [2.75, 3.05) is 7.11 Å². The molecule has 0 aromatic carbocycles. The Kier molecular flexibility index (Phi) is 3.73. The van der Waals surface area contributed by atoms with Crippen molar-refractivity contribution in [2.24, 2.45) is 0 Å². The molecule has 14 heavy (non-hydrogen) atoms. The van der Waals surface area contributed by atoms with E-state index >= 15 is 0 Å². The number of ether oxygens (including phenoxy) is 1. The van der Waals surface area contributed by atoms with Crippen LogP contribution in [0.5, 0.6) is 0 Å². The fourth-order valence-corrected chi connectivity index (χ4v) is 1.37. The monoisotopic (exact) mass is 214 g/mol. The molecule has 0 fully saturated rings. The molecule has 0 N–H and O–H groups in total. The van der Waals surface area contributed by atoms with Crippen LogP contribution in [0.3, 0.4) is 0 Å². The summed E-state index contributed by atoms with van der Waals surface area (Å²) < 4.78 is 25.2. The summed E-state index contributed by atoms with van der Waals surface area (Å²) in [7, 11) is 1.24. The molecule has 5 nitrogen and oxygen atoms in total. The molecule has 0 saturated heterocycles. The lowest BCUT2D eigenvalue weighted by Crippen LogP contribution is -2.05. The normalized spacial score (nSPS) is 12.1. The van der Waals surface area contributed by atoms with Crippen LogP contribution in [0.1, 0.15) is 16.1 Å². The van der Waals surface area contributed by atoms with E-state index in [4.69, 9.17) is 0 Å². The molecule has 6 heteroatoms. The first-order valence-corrected chi connectivity index (χ1v) is 4.97. The number of hydrogen-bond acceptors (Lipinski definition) is 5. The highest BCUT2D eigenvalue weighted by Gasteiger charge is 2.06. The Balaban J connectivity index is 2.89. The smallest absolute Gasteiger partial charge is 0.356 e. The highest BCUT2D eigenvalue weighted by molar-refractivity contribution is 7.78. The fourth-order valence-electron chi connectivity index (χ4n) is 0.916. The Morgan fingerprint density at radius 3 is 3.00 bits per heavy atom. The Bertz CT molecular complexity index is 366. The minimum Gasteiger partial charge on any atom is -0.772 e. The number of carbonyl (C=O) groups is 1. The molecule has 1 heterocycles. The molecule has 0 aliphatic carbocycles. The van der Waals surface area contributed by atoms with E-state index in [-0.39, 0.29) is 11.4 Å².